The summed E-state index contributed by atoms with van der Waals surface area (Å²) < 4.78 is 5.73. The Morgan fingerprint density at radius 3 is 2.73 bits per heavy atom. The smallest absolute Gasteiger partial charge is 0.229 e. The van der Waals surface area contributed by atoms with Crippen molar-refractivity contribution in [2.45, 2.75) is 50.5 Å². The van der Waals surface area contributed by atoms with Gasteiger partial charge < -0.3 is 25.4 Å². The van der Waals surface area contributed by atoms with Gasteiger partial charge in [0, 0.05) is 11.8 Å². The summed E-state index contributed by atoms with van der Waals surface area (Å²) in [6.45, 7) is 4.13. The number of methoxy groups -OCH3 is 1. The number of hydrogen-bond acceptors (Lipinski definition) is 9. The highest BCUT2D eigenvalue weighted by atomic mass is 16.5. The molecule has 5 rings (SSSR count). The molecule has 1 aliphatic heterocycles. The lowest BCUT2D eigenvalue weighted by atomic mass is 9.89. The van der Waals surface area contributed by atoms with Crippen LogP contribution in [0.2, 0.25) is 0 Å². The number of aryl methyl sites for hydroxylation is 1. The Kier molecular flexibility index (Phi) is 6.96. The molecule has 1 saturated heterocycles. The number of likely N-dealkylation sites (tertiary alicyclic amines) is 1. The molecule has 1 atom stereocenters. The van der Waals surface area contributed by atoms with Crippen LogP contribution < -0.4 is 15.4 Å². The summed E-state index contributed by atoms with van der Waals surface area (Å²) in [4.78, 5) is 15.9. The van der Waals surface area contributed by atoms with Crippen LogP contribution in [0, 0.1) is 11.3 Å². The van der Waals surface area contributed by atoms with Crippen LogP contribution in [0.3, 0.4) is 0 Å². The molecule has 1 aromatic carbocycles. The van der Waals surface area contributed by atoms with E-state index in [-0.39, 0.29) is 0 Å². The van der Waals surface area contributed by atoms with Gasteiger partial charge >= 0.3 is 0 Å². The molecule has 9 nitrogen and oxygen atoms in total. The molecule has 2 aliphatic rings. The van der Waals surface area contributed by atoms with Crippen molar-refractivity contribution >= 4 is 23.3 Å². The third-order valence-corrected chi connectivity index (χ3v) is 7.62. The number of fused-ring (bicyclic) bond motifs is 1. The van der Waals surface area contributed by atoms with Gasteiger partial charge in [-0.05, 0) is 81.4 Å². The van der Waals surface area contributed by atoms with E-state index in [0.717, 1.165) is 49.4 Å². The topological polar surface area (TPSA) is 119 Å². The first-order chi connectivity index (χ1) is 17.9. The van der Waals surface area contributed by atoms with E-state index < -0.39 is 5.60 Å². The van der Waals surface area contributed by atoms with E-state index in [1.54, 1.807) is 7.11 Å². The highest BCUT2D eigenvalue weighted by Crippen LogP contribution is 2.39. The summed E-state index contributed by atoms with van der Waals surface area (Å²) >= 11 is 0. The van der Waals surface area contributed by atoms with Crippen LogP contribution in [-0.4, -0.2) is 52.2 Å². The Hall–Kier alpha value is -3.74. The minimum atomic E-state index is -0.914. The van der Waals surface area contributed by atoms with Gasteiger partial charge in [0.05, 0.1) is 19.0 Å². The number of piperidine rings is 1. The molecule has 1 fully saturated rings. The van der Waals surface area contributed by atoms with Gasteiger partial charge in [-0.2, -0.15) is 10.2 Å². The van der Waals surface area contributed by atoms with E-state index in [2.05, 4.69) is 49.7 Å². The Morgan fingerprint density at radius 1 is 1.19 bits per heavy atom. The van der Waals surface area contributed by atoms with Crippen molar-refractivity contribution in [2.75, 3.05) is 37.9 Å². The fourth-order valence-corrected chi connectivity index (χ4v) is 5.28. The Balaban J connectivity index is 1.37. The molecule has 37 heavy (non-hydrogen) atoms. The standard InChI is InChI=1S/C28H33N7O2/c1-4-28(36)12-9-19-5-8-24(32-25(19)28)33-26-20(16-29)17-30-27(34-26)31-21-6-7-22(23(15-21)37-3)18-10-13-35(2)14-11-18/h5-8,15,17-18,36H,4,9-14H2,1-3H3,(H2,30,31,32,33,34). The fourth-order valence-electron chi connectivity index (χ4n) is 5.28. The molecule has 0 radical (unpaired) electrons. The quantitative estimate of drug-likeness (QED) is 0.429. The molecule has 0 saturated carbocycles. The third kappa shape index (κ3) is 5.08. The van der Waals surface area contributed by atoms with Crippen LogP contribution in [0.4, 0.5) is 23.3 Å². The van der Waals surface area contributed by atoms with Crippen LogP contribution in [0.5, 0.6) is 5.75 Å². The van der Waals surface area contributed by atoms with Gasteiger partial charge in [-0.3, -0.25) is 0 Å². The van der Waals surface area contributed by atoms with Crippen molar-refractivity contribution in [3.05, 3.63) is 58.9 Å². The number of hydrogen-bond donors (Lipinski definition) is 3. The van der Waals surface area contributed by atoms with Gasteiger partial charge in [0.1, 0.15) is 28.8 Å². The summed E-state index contributed by atoms with van der Waals surface area (Å²) in [7, 11) is 3.85. The van der Waals surface area contributed by atoms with Gasteiger partial charge in [0.15, 0.2) is 5.82 Å². The number of nitrogens with zero attached hydrogens (tertiary/aromatic N) is 5. The second kappa shape index (κ2) is 10.3. The maximum Gasteiger partial charge on any atom is 0.229 e. The molecular weight excluding hydrogens is 466 g/mol. The first-order valence-corrected chi connectivity index (χ1v) is 12.8. The summed E-state index contributed by atoms with van der Waals surface area (Å²) in [5.41, 5.74) is 3.16. The highest BCUT2D eigenvalue weighted by Gasteiger charge is 2.36. The molecule has 1 unspecified atom stereocenters. The van der Waals surface area contributed by atoms with Gasteiger partial charge in [-0.25, -0.2) is 9.97 Å². The first kappa shape index (κ1) is 24.9. The number of rotatable bonds is 7. The van der Waals surface area contributed by atoms with Crippen molar-refractivity contribution in [1.82, 2.24) is 19.9 Å². The molecule has 3 N–H and O–H groups in total. The molecule has 0 amide bonds. The lowest BCUT2D eigenvalue weighted by Crippen LogP contribution is -2.29. The zero-order chi connectivity index (χ0) is 26.0. The molecular formula is C28H33N7O2. The monoisotopic (exact) mass is 499 g/mol. The second-order valence-electron chi connectivity index (χ2n) is 9.94. The normalized spacial score (nSPS) is 19.8. The average molecular weight is 500 g/mol. The molecule has 0 bridgehead atoms. The summed E-state index contributed by atoms with van der Waals surface area (Å²) in [6, 6.07) is 12.1. The largest absolute Gasteiger partial charge is 0.496 e. The van der Waals surface area contributed by atoms with Crippen LogP contribution in [0.15, 0.2) is 36.5 Å². The van der Waals surface area contributed by atoms with Crippen molar-refractivity contribution < 1.29 is 9.84 Å². The van der Waals surface area contributed by atoms with Crippen LogP contribution >= 0.6 is 0 Å². The summed E-state index contributed by atoms with van der Waals surface area (Å²) in [6.07, 6.45) is 5.77. The summed E-state index contributed by atoms with van der Waals surface area (Å²) in [5, 5.41) is 26.9. The van der Waals surface area contributed by atoms with Crippen molar-refractivity contribution in [2.24, 2.45) is 0 Å². The highest BCUT2D eigenvalue weighted by molar-refractivity contribution is 5.64. The Labute approximate surface area is 217 Å². The maximum atomic E-state index is 10.9. The number of aliphatic hydroxyl groups is 1. The lowest BCUT2D eigenvalue weighted by molar-refractivity contribution is 0.0307. The predicted molar refractivity (Wildman–Crippen MR) is 143 cm³/mol. The van der Waals surface area contributed by atoms with E-state index >= 15 is 0 Å². The van der Waals surface area contributed by atoms with Gasteiger partial charge in [0.2, 0.25) is 5.95 Å². The SMILES string of the molecule is CCC1(O)CCc2ccc(Nc3nc(Nc4ccc(C5CCN(C)CC5)c(OC)c4)ncc3C#N)nc21. The Bertz CT molecular complexity index is 1330. The zero-order valence-corrected chi connectivity index (χ0v) is 21.6. The number of anilines is 4. The molecule has 3 heterocycles. The summed E-state index contributed by atoms with van der Waals surface area (Å²) in [5.74, 6) is 2.55. The van der Waals surface area contributed by atoms with Crippen LogP contribution in [0.25, 0.3) is 0 Å². The van der Waals surface area contributed by atoms with E-state index in [0.29, 0.717) is 47.6 Å². The van der Waals surface area contributed by atoms with Crippen LogP contribution in [-0.2, 0) is 12.0 Å². The van der Waals surface area contributed by atoms with Crippen molar-refractivity contribution in [3.63, 3.8) is 0 Å². The first-order valence-electron chi connectivity index (χ1n) is 12.8. The van der Waals surface area contributed by atoms with E-state index in [1.807, 2.05) is 31.2 Å². The van der Waals surface area contributed by atoms with Crippen molar-refractivity contribution in [1.29, 1.82) is 5.26 Å². The van der Waals surface area contributed by atoms with E-state index in [4.69, 9.17) is 4.74 Å². The number of aromatic nitrogens is 3. The fraction of sp³-hybridized carbons (Fsp3) is 0.429. The number of pyridine rings is 1. The molecule has 0 spiro atoms. The number of ether oxygens (including phenoxy) is 1. The molecule has 2 aromatic heterocycles. The molecule has 192 valence electrons. The number of benzene rings is 1. The van der Waals surface area contributed by atoms with Gasteiger partial charge in [0.25, 0.3) is 0 Å². The van der Waals surface area contributed by atoms with E-state index in [9.17, 15) is 10.4 Å². The van der Waals surface area contributed by atoms with Gasteiger partial charge in [-0.15, -0.1) is 0 Å². The Morgan fingerprint density at radius 2 is 2.00 bits per heavy atom. The minimum absolute atomic E-state index is 0.300. The number of nitrogens with one attached hydrogen (secondary N) is 2. The van der Waals surface area contributed by atoms with Crippen LogP contribution in [0.1, 0.15) is 60.9 Å². The molecule has 9 heteroatoms. The maximum absolute atomic E-state index is 10.9. The lowest BCUT2D eigenvalue weighted by Gasteiger charge is -2.30. The number of nitriles is 1. The van der Waals surface area contributed by atoms with Gasteiger partial charge in [-0.1, -0.05) is 19.1 Å². The average Bonchev–Trinajstić information content (AvgIpc) is 3.26. The molecule has 1 aliphatic carbocycles. The third-order valence-electron chi connectivity index (χ3n) is 7.62. The van der Waals surface area contributed by atoms with E-state index in [1.165, 1.54) is 11.8 Å². The van der Waals surface area contributed by atoms with Crippen molar-refractivity contribution in [3.8, 4) is 11.8 Å². The minimum Gasteiger partial charge on any atom is -0.496 e. The predicted octanol–water partition coefficient (Wildman–Crippen LogP) is 4.59. The second-order valence-corrected chi connectivity index (χ2v) is 9.94. The molecule has 3 aromatic rings. The zero-order valence-electron chi connectivity index (χ0n) is 21.6.